The van der Waals surface area contributed by atoms with Crippen molar-refractivity contribution in [3.63, 3.8) is 0 Å². The van der Waals surface area contributed by atoms with Gasteiger partial charge in [0.25, 0.3) is 0 Å². The minimum Gasteiger partial charge on any atom is -0.481 e. The predicted octanol–water partition coefficient (Wildman–Crippen LogP) is 1.55. The van der Waals surface area contributed by atoms with E-state index in [1.165, 1.54) is 20.2 Å². The third kappa shape index (κ3) is 15.2. The second-order valence-corrected chi connectivity index (χ2v) is 8.01. The van der Waals surface area contributed by atoms with Crippen LogP contribution < -0.4 is 11.1 Å². The maximum atomic E-state index is 11.8. The molecule has 14 heteroatoms. The SMILES string of the molecule is CC(OC(=O)NC=BOC#N)OC(=O)C1CCCCC1.CCOC(CCO)[C@H]1CCC=C(C(=O)O)O1.CN. The van der Waals surface area contributed by atoms with Crippen LogP contribution in [0.25, 0.3) is 0 Å². The van der Waals surface area contributed by atoms with Gasteiger partial charge in [-0.15, -0.1) is 0 Å². The first kappa shape index (κ1) is 34.9. The number of hydrogen-bond acceptors (Lipinski definition) is 11. The van der Waals surface area contributed by atoms with Crippen molar-refractivity contribution in [2.45, 2.75) is 83.7 Å². The van der Waals surface area contributed by atoms with Crippen molar-refractivity contribution in [1.29, 1.82) is 5.26 Å². The molecule has 1 aliphatic carbocycles. The van der Waals surface area contributed by atoms with Crippen molar-refractivity contribution in [2.24, 2.45) is 11.7 Å². The number of esters is 1. The molecule has 38 heavy (non-hydrogen) atoms. The molecule has 13 nitrogen and oxygen atoms in total. The number of nitrogens with two attached hydrogens (primary N) is 1. The van der Waals surface area contributed by atoms with Gasteiger partial charge in [0.2, 0.25) is 5.76 Å². The Morgan fingerprint density at radius 2 is 1.95 bits per heavy atom. The normalized spacial score (nSPS) is 18.2. The number of aliphatic hydroxyl groups is 1. The third-order valence-corrected chi connectivity index (χ3v) is 5.36. The van der Waals surface area contributed by atoms with E-state index in [1.807, 2.05) is 6.92 Å². The van der Waals surface area contributed by atoms with Crippen molar-refractivity contribution in [3.05, 3.63) is 11.8 Å². The van der Waals surface area contributed by atoms with Gasteiger partial charge in [0.1, 0.15) is 6.10 Å². The largest absolute Gasteiger partial charge is 0.481 e. The fourth-order valence-corrected chi connectivity index (χ4v) is 3.74. The fraction of sp³-hybridized carbons (Fsp3) is 0.708. The molecule has 2 aliphatic rings. The number of nitriles is 1. The Bertz CT molecular complexity index is 791. The van der Waals surface area contributed by atoms with E-state index in [0.717, 1.165) is 51.7 Å². The van der Waals surface area contributed by atoms with Gasteiger partial charge in [-0.25, -0.2) is 4.79 Å². The van der Waals surface area contributed by atoms with E-state index in [2.05, 4.69) is 15.7 Å². The average Bonchev–Trinajstić information content (AvgIpc) is 2.93. The summed E-state index contributed by atoms with van der Waals surface area (Å²) in [5.41, 5.74) is 4.50. The minimum atomic E-state index is -1.05. The van der Waals surface area contributed by atoms with E-state index in [4.69, 9.17) is 34.4 Å². The summed E-state index contributed by atoms with van der Waals surface area (Å²) in [5, 5.41) is 28.0. The summed E-state index contributed by atoms with van der Waals surface area (Å²) in [6, 6.07) is 0. The Morgan fingerprint density at radius 1 is 1.26 bits per heavy atom. The smallest absolute Gasteiger partial charge is 0.370 e. The molecule has 1 amide bonds. The predicted molar refractivity (Wildman–Crippen MR) is 137 cm³/mol. The van der Waals surface area contributed by atoms with Crippen molar-refractivity contribution >= 4 is 31.2 Å². The van der Waals surface area contributed by atoms with Gasteiger partial charge >= 0.3 is 123 Å². The summed E-state index contributed by atoms with van der Waals surface area (Å²) in [4.78, 5) is 33.8. The maximum absolute atomic E-state index is 11.8. The Hall–Kier alpha value is -3.15. The van der Waals surface area contributed by atoms with E-state index in [1.54, 1.807) is 6.08 Å². The second kappa shape index (κ2) is 21.9. The molecule has 0 bridgehead atoms. The minimum absolute atomic E-state index is 0.0106. The molecule has 3 atom stereocenters. The standard InChI is InChI=1S/C12H17BN2O5.C11H18O5.CH5N/c1-9(20-12(17)15-7-13-18-8-14)19-11(16)10-5-3-2-4-6-10;1-2-15-8(6-7-12)9-4-3-5-10(16-9)11(13)14;1-2/h7,9-10H,2-6H2,1H3,(H,15,17);5,8-9,12H,2-4,6-7H2,1H3,(H,13,14);2H2,1H3/t;8?,9-;/m.1./s1. The number of aliphatic hydroxyl groups excluding tert-OH is 1. The van der Waals surface area contributed by atoms with E-state index >= 15 is 0 Å². The number of nitrogens with one attached hydrogen (secondary N) is 1. The molecule has 0 aromatic rings. The van der Waals surface area contributed by atoms with Crippen molar-refractivity contribution in [1.82, 2.24) is 5.32 Å². The number of carbonyl (C=O) groups is 3. The summed E-state index contributed by atoms with van der Waals surface area (Å²) in [5.74, 6) is -1.49. The molecule has 0 radical (unpaired) electrons. The molecule has 214 valence electrons. The quantitative estimate of drug-likeness (QED) is 0.128. The van der Waals surface area contributed by atoms with E-state index in [0.29, 0.717) is 19.4 Å². The van der Waals surface area contributed by atoms with Gasteiger partial charge in [-0.1, -0.05) is 0 Å². The third-order valence-electron chi connectivity index (χ3n) is 5.36. The number of allylic oxidation sites excluding steroid dienone is 1. The summed E-state index contributed by atoms with van der Waals surface area (Å²) in [6.07, 6.45) is 8.50. The van der Waals surface area contributed by atoms with Crippen LogP contribution in [0.2, 0.25) is 0 Å². The molecule has 2 rings (SSSR count). The molecule has 1 saturated carbocycles. The molecule has 1 fully saturated rings. The first-order chi connectivity index (χ1) is 18.3. The van der Waals surface area contributed by atoms with Gasteiger partial charge in [0.15, 0.2) is 0 Å². The van der Waals surface area contributed by atoms with Gasteiger partial charge in [-0.2, -0.15) is 0 Å². The molecule has 0 aromatic heterocycles. The van der Waals surface area contributed by atoms with Gasteiger partial charge in [0, 0.05) is 19.6 Å². The Balaban J connectivity index is 0.000000690. The van der Waals surface area contributed by atoms with E-state index < -0.39 is 18.4 Å². The van der Waals surface area contributed by atoms with Crippen LogP contribution in [-0.4, -0.2) is 80.2 Å². The van der Waals surface area contributed by atoms with Crippen LogP contribution >= 0.6 is 0 Å². The molecule has 0 aromatic carbocycles. The molecular weight excluding hydrogens is 501 g/mol. The van der Waals surface area contributed by atoms with Crippen molar-refractivity contribution < 1.29 is 48.2 Å². The van der Waals surface area contributed by atoms with E-state index in [-0.39, 0.29) is 36.5 Å². The van der Waals surface area contributed by atoms with Crippen molar-refractivity contribution in [3.8, 4) is 6.26 Å². The Morgan fingerprint density at radius 3 is 2.53 bits per heavy atom. The van der Waals surface area contributed by atoms with Crippen LogP contribution in [0.3, 0.4) is 0 Å². The average molecular weight is 541 g/mol. The summed E-state index contributed by atoms with van der Waals surface area (Å²) in [6.45, 7) is 3.87. The summed E-state index contributed by atoms with van der Waals surface area (Å²) in [7, 11) is 2.49. The number of amides is 1. The molecule has 0 saturated heterocycles. The van der Waals surface area contributed by atoms with Crippen LogP contribution in [0.4, 0.5) is 4.79 Å². The molecule has 2 unspecified atom stereocenters. The van der Waals surface area contributed by atoms with Gasteiger partial charge in [-0.05, 0) is 32.9 Å². The number of alkyl carbamates (subject to hydrolysis) is 1. The van der Waals surface area contributed by atoms with Crippen LogP contribution in [0, 0.1) is 17.4 Å². The number of carbonyl (C=O) groups excluding carboxylic acids is 2. The van der Waals surface area contributed by atoms with Crippen LogP contribution in [-0.2, 0) is 33.2 Å². The number of carboxylic acid groups (broad SMARTS) is 1. The van der Waals surface area contributed by atoms with Crippen molar-refractivity contribution in [2.75, 3.05) is 20.3 Å². The first-order valence-corrected chi connectivity index (χ1v) is 12.6. The molecular formula is C24H40BN3O10. The zero-order chi connectivity index (χ0) is 28.8. The van der Waals surface area contributed by atoms with Crippen LogP contribution in [0.15, 0.2) is 11.8 Å². The fourth-order valence-electron chi connectivity index (χ4n) is 3.74. The number of carboxylic acids is 1. The summed E-state index contributed by atoms with van der Waals surface area (Å²) < 4.78 is 24.9. The zero-order valence-electron chi connectivity index (χ0n) is 22.3. The maximum Gasteiger partial charge on any atom is 0.370 e. The van der Waals surface area contributed by atoms with Gasteiger partial charge in [0.05, 0.1) is 6.10 Å². The summed E-state index contributed by atoms with van der Waals surface area (Å²) >= 11 is 0. The monoisotopic (exact) mass is 541 g/mol. The zero-order valence-corrected chi connectivity index (χ0v) is 22.3. The first-order valence-electron chi connectivity index (χ1n) is 12.6. The number of rotatable bonds is 11. The van der Waals surface area contributed by atoms with Gasteiger partial charge < -0.3 is 25.4 Å². The second-order valence-electron chi connectivity index (χ2n) is 8.01. The van der Waals surface area contributed by atoms with Crippen LogP contribution in [0.1, 0.15) is 65.2 Å². The van der Waals surface area contributed by atoms with Gasteiger partial charge in [-0.3, -0.25) is 0 Å². The number of nitrogens with zero attached hydrogens (tertiary/aromatic N) is 1. The Kier molecular flexibility index (Phi) is 20.1. The topological polar surface area (TPSA) is 200 Å². The number of aliphatic carboxylic acids is 1. The van der Waals surface area contributed by atoms with Crippen LogP contribution in [0.5, 0.6) is 0 Å². The number of hydrogen-bond donors (Lipinski definition) is 4. The molecule has 5 N–H and O–H groups in total. The Labute approximate surface area is 224 Å². The molecule has 1 aliphatic heterocycles. The molecule has 1 heterocycles. The molecule has 0 spiro atoms. The van der Waals surface area contributed by atoms with E-state index in [9.17, 15) is 14.4 Å². The number of ether oxygens (including phenoxy) is 4.